The van der Waals surface area contributed by atoms with Crippen molar-refractivity contribution in [2.75, 3.05) is 18.4 Å². The highest BCUT2D eigenvalue weighted by Gasteiger charge is 2.21. The zero-order valence-corrected chi connectivity index (χ0v) is 15.5. The van der Waals surface area contributed by atoms with Crippen molar-refractivity contribution in [3.05, 3.63) is 59.5 Å². The van der Waals surface area contributed by atoms with E-state index < -0.39 is 29.0 Å². The maximum absolute atomic E-state index is 13.7. The third-order valence-electron chi connectivity index (χ3n) is 4.26. The van der Waals surface area contributed by atoms with Crippen LogP contribution in [0.2, 0.25) is 0 Å². The second-order valence-electron chi connectivity index (χ2n) is 6.39. The first-order chi connectivity index (χ1) is 13.9. The lowest BCUT2D eigenvalue weighted by Gasteiger charge is -2.21. The molecule has 0 aliphatic carbocycles. The van der Waals surface area contributed by atoms with E-state index in [0.29, 0.717) is 29.2 Å². The fourth-order valence-corrected chi connectivity index (χ4v) is 2.87. The fraction of sp³-hybridized carbons (Fsp3) is 0.250. The Balaban J connectivity index is 1.69. The molecule has 0 radical (unpaired) electrons. The summed E-state index contributed by atoms with van der Waals surface area (Å²) in [5.74, 6) is -5.64. The summed E-state index contributed by atoms with van der Waals surface area (Å²) >= 11 is 0. The number of nitrogens with one attached hydrogen (secondary N) is 1. The molecule has 152 valence electrons. The second-order valence-corrected chi connectivity index (χ2v) is 6.39. The Morgan fingerprint density at radius 1 is 1.10 bits per heavy atom. The molecule has 0 aliphatic heterocycles. The van der Waals surface area contributed by atoms with E-state index in [2.05, 4.69) is 10.5 Å². The number of rotatable bonds is 7. The number of carbonyl (C=O) groups is 2. The van der Waals surface area contributed by atoms with Crippen LogP contribution in [-0.2, 0) is 16.0 Å². The van der Waals surface area contributed by atoms with Crippen molar-refractivity contribution in [1.82, 2.24) is 10.1 Å². The molecule has 2 amide bonds. The van der Waals surface area contributed by atoms with Crippen LogP contribution in [0, 0.1) is 17.5 Å². The minimum atomic E-state index is -1.68. The first kappa shape index (κ1) is 20.4. The van der Waals surface area contributed by atoms with Crippen LogP contribution < -0.4 is 5.32 Å². The molecule has 3 rings (SSSR count). The van der Waals surface area contributed by atoms with E-state index in [0.717, 1.165) is 6.07 Å². The molecular weight excluding hydrogens is 387 g/mol. The minimum Gasteiger partial charge on any atom is -0.356 e. The zero-order chi connectivity index (χ0) is 21.0. The molecule has 0 bridgehead atoms. The van der Waals surface area contributed by atoms with Crippen molar-refractivity contribution >= 4 is 28.5 Å². The summed E-state index contributed by atoms with van der Waals surface area (Å²) in [6.07, 6.45) is 0.502. The van der Waals surface area contributed by atoms with E-state index in [1.54, 1.807) is 24.3 Å². The summed E-state index contributed by atoms with van der Waals surface area (Å²) in [5.41, 5.74) is 0.489. The van der Waals surface area contributed by atoms with Gasteiger partial charge < -0.3 is 14.7 Å². The number of amides is 2. The number of para-hydroxylation sites is 1. The Morgan fingerprint density at radius 3 is 2.62 bits per heavy atom. The number of carbonyl (C=O) groups excluding carboxylic acids is 2. The van der Waals surface area contributed by atoms with Crippen LogP contribution in [-0.4, -0.2) is 35.0 Å². The number of hydrogen-bond acceptors (Lipinski definition) is 4. The summed E-state index contributed by atoms with van der Waals surface area (Å²) in [5, 5.41) is 6.77. The van der Waals surface area contributed by atoms with Crippen LogP contribution in [0.1, 0.15) is 19.0 Å². The predicted octanol–water partition coefficient (Wildman–Crippen LogP) is 3.66. The molecule has 9 heteroatoms. The van der Waals surface area contributed by atoms with Gasteiger partial charge in [0.1, 0.15) is 5.69 Å². The largest absolute Gasteiger partial charge is 0.356 e. The summed E-state index contributed by atoms with van der Waals surface area (Å²) in [4.78, 5) is 26.2. The average molecular weight is 405 g/mol. The first-order valence-electron chi connectivity index (χ1n) is 8.95. The van der Waals surface area contributed by atoms with Crippen LogP contribution in [0.15, 0.2) is 40.9 Å². The number of anilines is 1. The molecule has 1 heterocycles. The Labute approximate surface area is 164 Å². The zero-order valence-electron chi connectivity index (χ0n) is 15.5. The maximum atomic E-state index is 13.7. The first-order valence-corrected chi connectivity index (χ1v) is 8.95. The molecule has 0 saturated carbocycles. The molecule has 0 fully saturated rings. The molecule has 3 aromatic rings. The predicted molar refractivity (Wildman–Crippen MR) is 99.5 cm³/mol. The van der Waals surface area contributed by atoms with E-state index in [4.69, 9.17) is 4.52 Å². The number of nitrogens with zero attached hydrogens (tertiary/aromatic N) is 2. The molecule has 0 saturated heterocycles. The van der Waals surface area contributed by atoms with Crippen LogP contribution in [0.4, 0.5) is 18.9 Å². The van der Waals surface area contributed by atoms with E-state index in [1.807, 2.05) is 6.92 Å². The van der Waals surface area contributed by atoms with Crippen LogP contribution in [0.3, 0.4) is 0 Å². The molecule has 6 nitrogen and oxygen atoms in total. The van der Waals surface area contributed by atoms with Gasteiger partial charge in [0.15, 0.2) is 23.0 Å². The molecular formula is C20H18F3N3O3. The third kappa shape index (κ3) is 4.56. The summed E-state index contributed by atoms with van der Waals surface area (Å²) < 4.78 is 45.2. The molecule has 29 heavy (non-hydrogen) atoms. The SMILES string of the molecule is CCCN(CC(=O)Nc1ccc(F)c(F)c1F)C(=O)Cc1noc2ccccc12. The van der Waals surface area contributed by atoms with Gasteiger partial charge in [-0.25, -0.2) is 13.2 Å². The van der Waals surface area contributed by atoms with E-state index in [9.17, 15) is 22.8 Å². The van der Waals surface area contributed by atoms with Gasteiger partial charge in [-0.2, -0.15) is 0 Å². The number of benzene rings is 2. The average Bonchev–Trinajstić information content (AvgIpc) is 3.11. The number of aromatic nitrogens is 1. The van der Waals surface area contributed by atoms with Gasteiger partial charge in [-0.1, -0.05) is 24.2 Å². The van der Waals surface area contributed by atoms with Crippen molar-refractivity contribution in [3.8, 4) is 0 Å². The Bertz CT molecular complexity index is 1050. The van der Waals surface area contributed by atoms with Gasteiger partial charge in [0.2, 0.25) is 11.8 Å². The van der Waals surface area contributed by atoms with Crippen LogP contribution >= 0.6 is 0 Å². The number of halogens is 3. The normalized spacial score (nSPS) is 10.9. The lowest BCUT2D eigenvalue weighted by Crippen LogP contribution is -2.39. The second kappa shape index (κ2) is 8.76. The van der Waals surface area contributed by atoms with Crippen LogP contribution in [0.5, 0.6) is 0 Å². The fourth-order valence-electron chi connectivity index (χ4n) is 2.87. The van der Waals surface area contributed by atoms with Gasteiger partial charge in [0.05, 0.1) is 18.7 Å². The van der Waals surface area contributed by atoms with Gasteiger partial charge in [-0.15, -0.1) is 0 Å². The van der Waals surface area contributed by atoms with Crippen molar-refractivity contribution in [2.45, 2.75) is 19.8 Å². The minimum absolute atomic E-state index is 0.0795. The van der Waals surface area contributed by atoms with Crippen molar-refractivity contribution < 1.29 is 27.3 Å². The Morgan fingerprint density at radius 2 is 1.86 bits per heavy atom. The van der Waals surface area contributed by atoms with Crippen LogP contribution in [0.25, 0.3) is 11.0 Å². The topological polar surface area (TPSA) is 75.4 Å². The Kier molecular flexibility index (Phi) is 6.16. The van der Waals surface area contributed by atoms with Gasteiger partial charge >= 0.3 is 0 Å². The monoisotopic (exact) mass is 405 g/mol. The number of hydrogen-bond donors (Lipinski definition) is 1. The van der Waals surface area contributed by atoms with Gasteiger partial charge in [0, 0.05) is 11.9 Å². The standard InChI is InChI=1S/C20H18F3N3O3/c1-2-9-26(11-17(27)24-14-8-7-13(21)19(22)20(14)23)18(28)10-15-12-5-3-4-6-16(12)29-25-15/h3-8H,2,9-11H2,1H3,(H,24,27). The Hall–Kier alpha value is -3.36. The summed E-state index contributed by atoms with van der Waals surface area (Å²) in [7, 11) is 0. The molecule has 0 spiro atoms. The van der Waals surface area contributed by atoms with Gasteiger partial charge in [-0.05, 0) is 30.7 Å². The highest BCUT2D eigenvalue weighted by Crippen LogP contribution is 2.20. The number of fused-ring (bicyclic) bond motifs is 1. The lowest BCUT2D eigenvalue weighted by atomic mass is 10.1. The maximum Gasteiger partial charge on any atom is 0.244 e. The summed E-state index contributed by atoms with van der Waals surface area (Å²) in [6, 6.07) is 8.70. The smallest absolute Gasteiger partial charge is 0.244 e. The highest BCUT2D eigenvalue weighted by atomic mass is 19.2. The van der Waals surface area contributed by atoms with Gasteiger partial charge in [0.25, 0.3) is 0 Å². The molecule has 0 atom stereocenters. The van der Waals surface area contributed by atoms with E-state index in [1.165, 1.54) is 4.90 Å². The lowest BCUT2D eigenvalue weighted by molar-refractivity contribution is -0.134. The third-order valence-corrected chi connectivity index (χ3v) is 4.26. The summed E-state index contributed by atoms with van der Waals surface area (Å²) in [6.45, 7) is 1.74. The van der Waals surface area contributed by atoms with Crippen molar-refractivity contribution in [2.24, 2.45) is 0 Å². The molecule has 0 aliphatic rings. The quantitative estimate of drug-likeness (QED) is 0.609. The molecule has 1 N–H and O–H groups in total. The van der Waals surface area contributed by atoms with E-state index >= 15 is 0 Å². The van der Waals surface area contributed by atoms with E-state index in [-0.39, 0.29) is 25.4 Å². The highest BCUT2D eigenvalue weighted by molar-refractivity contribution is 5.95. The molecule has 0 unspecified atom stereocenters. The van der Waals surface area contributed by atoms with Crippen molar-refractivity contribution in [3.63, 3.8) is 0 Å². The molecule has 2 aromatic carbocycles. The van der Waals surface area contributed by atoms with Crippen molar-refractivity contribution in [1.29, 1.82) is 0 Å². The van der Waals surface area contributed by atoms with Gasteiger partial charge in [-0.3, -0.25) is 9.59 Å². The molecule has 1 aromatic heterocycles.